The Morgan fingerprint density at radius 1 is 1.20 bits per heavy atom. The third kappa shape index (κ3) is 4.40. The van der Waals surface area contributed by atoms with E-state index in [-0.39, 0.29) is 17.4 Å². The fourth-order valence-electron chi connectivity index (χ4n) is 3.66. The predicted molar refractivity (Wildman–Crippen MR) is 113 cm³/mol. The molecule has 2 atom stereocenters. The number of benzene rings is 1. The molecule has 30 heavy (non-hydrogen) atoms. The van der Waals surface area contributed by atoms with Crippen LogP contribution >= 0.6 is 0 Å². The van der Waals surface area contributed by atoms with Crippen molar-refractivity contribution in [2.45, 2.75) is 32.3 Å². The molecule has 7 nitrogen and oxygen atoms in total. The van der Waals surface area contributed by atoms with Crippen molar-refractivity contribution in [2.75, 3.05) is 13.1 Å². The highest BCUT2D eigenvalue weighted by Gasteiger charge is 2.31. The number of aromatic amines is 1. The van der Waals surface area contributed by atoms with Crippen molar-refractivity contribution < 1.29 is 9.53 Å². The minimum atomic E-state index is -0.578. The van der Waals surface area contributed by atoms with E-state index in [1.807, 2.05) is 31.2 Å². The van der Waals surface area contributed by atoms with Crippen molar-refractivity contribution in [3.63, 3.8) is 0 Å². The lowest BCUT2D eigenvalue weighted by Crippen LogP contribution is -2.39. The minimum absolute atomic E-state index is 0.0170. The summed E-state index contributed by atoms with van der Waals surface area (Å²) >= 11 is 0. The molecule has 0 unspecified atom stereocenters. The van der Waals surface area contributed by atoms with E-state index in [1.165, 1.54) is 6.07 Å². The number of nitrogens with zero attached hydrogens (tertiary/aromatic N) is 3. The molecular formula is C23H24N4O3. The van der Waals surface area contributed by atoms with Gasteiger partial charge in [0.05, 0.1) is 5.69 Å². The standard InChI is InChI=1S/C23H24N4O3/c1-15-3-5-19(6-4-15)30-16(2)23(29)27-12-9-18(14-27)20-13-21(28)26-22(25-20)17-7-10-24-11-8-17/h3-8,10-11,13,16,18H,9,12,14H2,1-2H3,(H,25,26,28)/t16-,18-/m1/s1. The summed E-state index contributed by atoms with van der Waals surface area (Å²) in [6.45, 7) is 4.91. The van der Waals surface area contributed by atoms with Crippen molar-refractivity contribution >= 4 is 5.91 Å². The van der Waals surface area contributed by atoms with Crippen molar-refractivity contribution in [3.05, 3.63) is 76.5 Å². The molecule has 1 fully saturated rings. The zero-order chi connectivity index (χ0) is 21.1. The Morgan fingerprint density at radius 2 is 1.93 bits per heavy atom. The maximum Gasteiger partial charge on any atom is 0.263 e. The molecule has 1 aliphatic heterocycles. The molecule has 7 heteroatoms. The normalized spacial score (nSPS) is 17.0. The number of likely N-dealkylation sites (tertiary alicyclic amines) is 1. The molecule has 1 saturated heterocycles. The van der Waals surface area contributed by atoms with Gasteiger partial charge in [0.15, 0.2) is 6.10 Å². The lowest BCUT2D eigenvalue weighted by Gasteiger charge is -2.22. The predicted octanol–water partition coefficient (Wildman–Crippen LogP) is 2.92. The maximum absolute atomic E-state index is 12.9. The first kappa shape index (κ1) is 19.8. The molecule has 1 aromatic carbocycles. The summed E-state index contributed by atoms with van der Waals surface area (Å²) in [6, 6.07) is 12.8. The van der Waals surface area contributed by atoms with Crippen LogP contribution in [0.5, 0.6) is 5.75 Å². The second kappa shape index (κ2) is 8.49. The highest BCUT2D eigenvalue weighted by atomic mass is 16.5. The zero-order valence-corrected chi connectivity index (χ0v) is 17.0. The molecule has 3 aromatic rings. The fraction of sp³-hybridized carbons (Fsp3) is 0.304. The summed E-state index contributed by atoms with van der Waals surface area (Å²) < 4.78 is 5.81. The Kier molecular flexibility index (Phi) is 5.61. The van der Waals surface area contributed by atoms with E-state index in [0.29, 0.717) is 30.4 Å². The first-order valence-corrected chi connectivity index (χ1v) is 10.0. The number of hydrogen-bond acceptors (Lipinski definition) is 5. The van der Waals surface area contributed by atoms with Gasteiger partial charge in [-0.3, -0.25) is 14.6 Å². The van der Waals surface area contributed by atoms with Gasteiger partial charge in [-0.15, -0.1) is 0 Å². The first-order valence-electron chi connectivity index (χ1n) is 10.0. The van der Waals surface area contributed by atoms with E-state index < -0.39 is 6.10 Å². The zero-order valence-electron chi connectivity index (χ0n) is 17.0. The van der Waals surface area contributed by atoms with Crippen LogP contribution in [-0.4, -0.2) is 45.0 Å². The number of carbonyl (C=O) groups excluding carboxylic acids is 1. The van der Waals surface area contributed by atoms with Crippen LogP contribution in [0.3, 0.4) is 0 Å². The van der Waals surface area contributed by atoms with Crippen molar-refractivity contribution in [1.82, 2.24) is 19.9 Å². The molecule has 1 aliphatic rings. The average molecular weight is 404 g/mol. The molecule has 1 amide bonds. The number of pyridine rings is 1. The number of H-pyrrole nitrogens is 1. The Hall–Kier alpha value is -3.48. The van der Waals surface area contributed by atoms with Crippen LogP contribution in [0.1, 0.15) is 30.5 Å². The van der Waals surface area contributed by atoms with Gasteiger partial charge in [-0.05, 0) is 44.5 Å². The summed E-state index contributed by atoms with van der Waals surface area (Å²) in [5.41, 5.74) is 2.44. The molecule has 0 saturated carbocycles. The second-order valence-corrected chi connectivity index (χ2v) is 7.60. The molecule has 154 valence electrons. The molecule has 4 rings (SSSR count). The van der Waals surface area contributed by atoms with Crippen LogP contribution in [0.4, 0.5) is 0 Å². The van der Waals surface area contributed by atoms with E-state index in [0.717, 1.165) is 17.5 Å². The van der Waals surface area contributed by atoms with Gasteiger partial charge in [0.25, 0.3) is 11.5 Å². The van der Waals surface area contributed by atoms with E-state index in [4.69, 9.17) is 4.74 Å². The lowest BCUT2D eigenvalue weighted by molar-refractivity contribution is -0.136. The second-order valence-electron chi connectivity index (χ2n) is 7.60. The first-order chi connectivity index (χ1) is 14.5. The van der Waals surface area contributed by atoms with Gasteiger partial charge in [-0.1, -0.05) is 17.7 Å². The quantitative estimate of drug-likeness (QED) is 0.706. The Labute approximate surface area is 174 Å². The van der Waals surface area contributed by atoms with E-state index in [9.17, 15) is 9.59 Å². The number of carbonyl (C=O) groups is 1. The Bertz CT molecular complexity index is 1080. The third-order valence-electron chi connectivity index (χ3n) is 5.32. The topological polar surface area (TPSA) is 88.2 Å². The summed E-state index contributed by atoms with van der Waals surface area (Å²) in [5.74, 6) is 1.15. The molecule has 3 heterocycles. The van der Waals surface area contributed by atoms with E-state index in [2.05, 4.69) is 15.0 Å². The summed E-state index contributed by atoms with van der Waals surface area (Å²) in [5, 5.41) is 0. The van der Waals surface area contributed by atoms with Gasteiger partial charge >= 0.3 is 0 Å². The largest absolute Gasteiger partial charge is 0.481 e. The molecular weight excluding hydrogens is 380 g/mol. The highest BCUT2D eigenvalue weighted by molar-refractivity contribution is 5.81. The lowest BCUT2D eigenvalue weighted by atomic mass is 10.0. The Morgan fingerprint density at radius 3 is 2.67 bits per heavy atom. The van der Waals surface area contributed by atoms with Crippen LogP contribution < -0.4 is 10.3 Å². The van der Waals surface area contributed by atoms with Gasteiger partial charge in [-0.25, -0.2) is 4.98 Å². The van der Waals surface area contributed by atoms with Crippen LogP contribution in [0, 0.1) is 6.92 Å². The molecule has 0 aliphatic carbocycles. The van der Waals surface area contributed by atoms with Crippen LogP contribution in [-0.2, 0) is 4.79 Å². The molecule has 1 N–H and O–H groups in total. The summed E-state index contributed by atoms with van der Waals surface area (Å²) in [4.78, 5) is 38.2. The van der Waals surface area contributed by atoms with E-state index >= 15 is 0 Å². The SMILES string of the molecule is Cc1ccc(O[C@H](C)C(=O)N2CC[C@@H](c3cc(=O)[nH]c(-c4ccncc4)n3)C2)cc1. The number of rotatable bonds is 5. The summed E-state index contributed by atoms with van der Waals surface area (Å²) in [7, 11) is 0. The fourth-order valence-corrected chi connectivity index (χ4v) is 3.66. The summed E-state index contributed by atoms with van der Waals surface area (Å²) in [6.07, 6.45) is 3.50. The number of nitrogens with one attached hydrogen (secondary N) is 1. The minimum Gasteiger partial charge on any atom is -0.481 e. The third-order valence-corrected chi connectivity index (χ3v) is 5.32. The van der Waals surface area contributed by atoms with Crippen molar-refractivity contribution in [1.29, 1.82) is 0 Å². The van der Waals surface area contributed by atoms with Crippen LogP contribution in [0.2, 0.25) is 0 Å². The molecule has 0 radical (unpaired) electrons. The average Bonchev–Trinajstić information content (AvgIpc) is 3.25. The van der Waals surface area contributed by atoms with Gasteiger partial charge in [0.2, 0.25) is 0 Å². The van der Waals surface area contributed by atoms with Gasteiger partial charge < -0.3 is 14.6 Å². The van der Waals surface area contributed by atoms with Crippen molar-refractivity contribution in [2.24, 2.45) is 0 Å². The molecule has 0 bridgehead atoms. The molecule has 0 spiro atoms. The number of hydrogen-bond donors (Lipinski definition) is 1. The number of aromatic nitrogens is 3. The smallest absolute Gasteiger partial charge is 0.263 e. The molecule has 2 aromatic heterocycles. The van der Waals surface area contributed by atoms with E-state index in [1.54, 1.807) is 36.4 Å². The highest BCUT2D eigenvalue weighted by Crippen LogP contribution is 2.27. The van der Waals surface area contributed by atoms with Crippen LogP contribution in [0.25, 0.3) is 11.4 Å². The van der Waals surface area contributed by atoms with Gasteiger partial charge in [-0.2, -0.15) is 0 Å². The van der Waals surface area contributed by atoms with Crippen molar-refractivity contribution in [3.8, 4) is 17.1 Å². The van der Waals surface area contributed by atoms with Crippen LogP contribution in [0.15, 0.2) is 59.7 Å². The van der Waals surface area contributed by atoms with Gasteiger partial charge in [0.1, 0.15) is 11.6 Å². The maximum atomic E-state index is 12.9. The number of aryl methyl sites for hydroxylation is 1. The number of ether oxygens (including phenoxy) is 1. The monoisotopic (exact) mass is 404 g/mol. The number of amides is 1. The van der Waals surface area contributed by atoms with Gasteiger partial charge in [0, 0.05) is 43.0 Å². The Balaban J connectivity index is 1.45.